The molecule has 2 aromatic heterocycles. The maximum absolute atomic E-state index is 14.9. The van der Waals surface area contributed by atoms with Crippen molar-refractivity contribution in [2.75, 3.05) is 43.5 Å². The molecular weight excluding hydrogens is 536 g/mol. The first-order chi connectivity index (χ1) is 18.5. The van der Waals surface area contributed by atoms with Crippen LogP contribution in [0.3, 0.4) is 0 Å². The highest BCUT2D eigenvalue weighted by molar-refractivity contribution is 7.87. The van der Waals surface area contributed by atoms with E-state index in [0.29, 0.717) is 37.4 Å². The number of rotatable bonds is 5. The van der Waals surface area contributed by atoms with Gasteiger partial charge in [0.15, 0.2) is 0 Å². The largest absolute Gasteiger partial charge is 0.390 e. The molecule has 15 heteroatoms. The quantitative estimate of drug-likeness (QED) is 0.258. The predicted molar refractivity (Wildman–Crippen MR) is 138 cm³/mol. The standard InChI is InChI=1S/C24H27F2N7O5S/c25-17-8-15(32-3-5-38-6-4-32)9-18(26)16(17)2-1-13-11-33(24-20(13)23(27)29-12-30-24)19-7-14(21(34)22(19)35)10-31-39(28,36)37/h8-9,11-12,14,19,21-22,31,34-35H,3-7,10H2,(H2,27,29,30)(H2,28,36,37)/t14-,19-,21-,22+/m1/s1. The van der Waals surface area contributed by atoms with E-state index in [4.69, 9.17) is 15.6 Å². The van der Waals surface area contributed by atoms with Crippen LogP contribution in [0.4, 0.5) is 20.3 Å². The number of benzene rings is 1. The molecule has 4 atom stereocenters. The van der Waals surface area contributed by atoms with Gasteiger partial charge in [-0.1, -0.05) is 11.8 Å². The smallest absolute Gasteiger partial charge is 0.274 e. The van der Waals surface area contributed by atoms with Gasteiger partial charge in [-0.05, 0) is 18.6 Å². The average Bonchev–Trinajstić information content (AvgIpc) is 3.40. The molecule has 0 bridgehead atoms. The Bertz CT molecular complexity index is 1540. The molecule has 0 spiro atoms. The van der Waals surface area contributed by atoms with E-state index in [1.165, 1.54) is 24.7 Å². The van der Waals surface area contributed by atoms with Crippen LogP contribution in [0, 0.1) is 29.4 Å². The third kappa shape index (κ3) is 5.53. The van der Waals surface area contributed by atoms with Gasteiger partial charge in [-0.15, -0.1) is 0 Å². The number of aromatic nitrogens is 3. The number of morpholine rings is 1. The first-order valence-electron chi connectivity index (χ1n) is 12.1. The van der Waals surface area contributed by atoms with Gasteiger partial charge >= 0.3 is 0 Å². The van der Waals surface area contributed by atoms with E-state index < -0.39 is 51.6 Å². The summed E-state index contributed by atoms with van der Waals surface area (Å²) in [7, 11) is -4.00. The molecule has 2 fully saturated rings. The highest BCUT2D eigenvalue weighted by atomic mass is 32.2. The van der Waals surface area contributed by atoms with Gasteiger partial charge in [-0.3, -0.25) is 0 Å². The van der Waals surface area contributed by atoms with Gasteiger partial charge in [0.1, 0.15) is 35.5 Å². The maximum atomic E-state index is 14.9. The van der Waals surface area contributed by atoms with E-state index in [1.807, 2.05) is 4.90 Å². The summed E-state index contributed by atoms with van der Waals surface area (Å²) < 4.78 is 61.4. The van der Waals surface area contributed by atoms with E-state index in [2.05, 4.69) is 26.5 Å². The number of hydrogen-bond donors (Lipinski definition) is 5. The molecule has 3 aromatic rings. The number of fused-ring (bicyclic) bond motifs is 1. The minimum atomic E-state index is -4.00. The second-order valence-electron chi connectivity index (χ2n) is 9.48. The summed E-state index contributed by atoms with van der Waals surface area (Å²) in [5.41, 5.74) is 6.60. The Morgan fingerprint density at radius 1 is 1.13 bits per heavy atom. The summed E-state index contributed by atoms with van der Waals surface area (Å²) >= 11 is 0. The van der Waals surface area contributed by atoms with Crippen molar-refractivity contribution in [3.63, 3.8) is 0 Å². The summed E-state index contributed by atoms with van der Waals surface area (Å²) in [5.74, 6) is 3.07. The van der Waals surface area contributed by atoms with Crippen molar-refractivity contribution in [1.29, 1.82) is 0 Å². The minimum Gasteiger partial charge on any atom is -0.390 e. The predicted octanol–water partition coefficient (Wildman–Crippen LogP) is -0.396. The van der Waals surface area contributed by atoms with Gasteiger partial charge in [0.05, 0.1) is 41.9 Å². The molecule has 5 rings (SSSR count). The van der Waals surface area contributed by atoms with Crippen molar-refractivity contribution in [3.8, 4) is 11.8 Å². The molecule has 12 nitrogen and oxygen atoms in total. The third-order valence-corrected chi connectivity index (χ3v) is 7.61. The molecule has 1 saturated heterocycles. The van der Waals surface area contributed by atoms with Crippen molar-refractivity contribution in [2.45, 2.75) is 24.7 Å². The van der Waals surface area contributed by atoms with Crippen LogP contribution in [0.2, 0.25) is 0 Å². The Balaban J connectivity index is 1.49. The zero-order valence-electron chi connectivity index (χ0n) is 20.6. The summed E-state index contributed by atoms with van der Waals surface area (Å²) in [6.07, 6.45) is 0.345. The number of nitrogens with zero attached hydrogens (tertiary/aromatic N) is 4. The van der Waals surface area contributed by atoms with Crippen LogP contribution in [0.1, 0.15) is 23.6 Å². The van der Waals surface area contributed by atoms with Crippen molar-refractivity contribution >= 4 is 32.7 Å². The molecule has 7 N–H and O–H groups in total. The average molecular weight is 564 g/mol. The molecule has 208 valence electrons. The molecule has 1 aliphatic heterocycles. The molecule has 1 aromatic carbocycles. The van der Waals surface area contributed by atoms with Gasteiger partial charge in [-0.25, -0.2) is 28.6 Å². The lowest BCUT2D eigenvalue weighted by molar-refractivity contribution is 0.00769. The monoisotopic (exact) mass is 563 g/mol. The molecule has 0 amide bonds. The van der Waals surface area contributed by atoms with Crippen LogP contribution >= 0.6 is 0 Å². The Labute approximate surface area is 222 Å². The summed E-state index contributed by atoms with van der Waals surface area (Å²) in [4.78, 5) is 10.1. The number of nitrogens with one attached hydrogen (secondary N) is 1. The highest BCUT2D eigenvalue weighted by Gasteiger charge is 2.43. The van der Waals surface area contributed by atoms with E-state index in [9.17, 15) is 27.4 Å². The fraction of sp³-hybridized carbons (Fsp3) is 0.417. The first kappa shape index (κ1) is 27.2. The molecule has 1 saturated carbocycles. The molecule has 0 unspecified atom stereocenters. The van der Waals surface area contributed by atoms with E-state index in [1.54, 1.807) is 4.57 Å². The van der Waals surface area contributed by atoms with Crippen molar-refractivity contribution in [2.24, 2.45) is 11.1 Å². The number of halogens is 2. The number of anilines is 2. The fourth-order valence-electron chi connectivity index (χ4n) is 5.07. The van der Waals surface area contributed by atoms with Gasteiger partial charge < -0.3 is 30.2 Å². The lowest BCUT2D eigenvalue weighted by atomic mass is 10.1. The van der Waals surface area contributed by atoms with Gasteiger partial charge in [0.25, 0.3) is 10.2 Å². The van der Waals surface area contributed by atoms with Crippen molar-refractivity contribution in [1.82, 2.24) is 19.3 Å². The van der Waals surface area contributed by atoms with Crippen LogP contribution in [-0.2, 0) is 14.9 Å². The molecular formula is C24H27F2N7O5S. The highest BCUT2D eigenvalue weighted by Crippen LogP contribution is 2.38. The molecule has 3 heterocycles. The topological polar surface area (TPSA) is 182 Å². The first-order valence-corrected chi connectivity index (χ1v) is 13.7. The summed E-state index contributed by atoms with van der Waals surface area (Å²) in [6, 6.07) is 1.72. The number of aliphatic hydroxyl groups excluding tert-OH is 2. The SMILES string of the molecule is Nc1ncnc2c1c(C#Cc1c(F)cc(N3CCOCC3)cc1F)cn2[C@@H]1C[C@H](CNS(N)(=O)=O)[C@@H](O)[C@H]1O. The number of ether oxygens (including phenoxy) is 1. The molecule has 0 radical (unpaired) electrons. The van der Waals surface area contributed by atoms with Crippen molar-refractivity contribution < 1.29 is 32.1 Å². The van der Waals surface area contributed by atoms with Crippen molar-refractivity contribution in [3.05, 3.63) is 47.4 Å². The normalized spacial score (nSPS) is 23.7. The number of hydrogen-bond acceptors (Lipinski definition) is 9. The Hall–Kier alpha value is -3.39. The van der Waals surface area contributed by atoms with Crippen LogP contribution in [0.25, 0.3) is 11.0 Å². The second kappa shape index (κ2) is 10.6. The lowest BCUT2D eigenvalue weighted by Gasteiger charge is -2.29. The molecule has 2 aliphatic rings. The number of aliphatic hydroxyl groups is 2. The third-order valence-electron chi connectivity index (χ3n) is 7.04. The lowest BCUT2D eigenvalue weighted by Crippen LogP contribution is -2.38. The Kier molecular flexibility index (Phi) is 7.42. The van der Waals surface area contributed by atoms with Crippen LogP contribution in [-0.4, -0.2) is 78.2 Å². The van der Waals surface area contributed by atoms with Gasteiger partial charge in [0, 0.05) is 37.4 Å². The molecule has 39 heavy (non-hydrogen) atoms. The summed E-state index contributed by atoms with van der Waals surface area (Å²) in [5, 5.41) is 26.6. The second-order valence-corrected chi connectivity index (χ2v) is 10.9. The van der Waals surface area contributed by atoms with Crippen LogP contribution in [0.5, 0.6) is 0 Å². The minimum absolute atomic E-state index is 0.0622. The number of nitrogen functional groups attached to an aromatic ring is 1. The van der Waals surface area contributed by atoms with Gasteiger partial charge in [0.2, 0.25) is 0 Å². The zero-order chi connectivity index (χ0) is 27.9. The van der Waals surface area contributed by atoms with E-state index in [-0.39, 0.29) is 30.0 Å². The zero-order valence-corrected chi connectivity index (χ0v) is 21.4. The summed E-state index contributed by atoms with van der Waals surface area (Å²) in [6.45, 7) is 1.78. The van der Waals surface area contributed by atoms with Gasteiger partial charge in [-0.2, -0.15) is 8.42 Å². The van der Waals surface area contributed by atoms with Crippen LogP contribution in [0.15, 0.2) is 24.7 Å². The van der Waals surface area contributed by atoms with Crippen LogP contribution < -0.4 is 20.5 Å². The Morgan fingerprint density at radius 3 is 2.49 bits per heavy atom. The van der Waals surface area contributed by atoms with E-state index >= 15 is 0 Å². The fourth-order valence-corrected chi connectivity index (χ4v) is 5.52. The molecule has 1 aliphatic carbocycles. The maximum Gasteiger partial charge on any atom is 0.274 e. The Morgan fingerprint density at radius 2 is 1.82 bits per heavy atom. The van der Waals surface area contributed by atoms with E-state index in [0.717, 1.165) is 0 Å². The number of nitrogens with two attached hydrogens (primary N) is 2.